The number of nitrogens with one attached hydrogen (secondary N) is 1. The smallest absolute Gasteiger partial charge is 0.123 e. The summed E-state index contributed by atoms with van der Waals surface area (Å²) in [5, 5.41) is 2.51. The second-order valence-corrected chi connectivity index (χ2v) is 2.73. The van der Waals surface area contributed by atoms with Crippen molar-refractivity contribution in [2.24, 2.45) is 0 Å². The van der Waals surface area contributed by atoms with E-state index in [0.717, 1.165) is 6.07 Å². The fraction of sp³-hybridized carbons (Fsp3) is 0.400. The molecule has 0 unspecified atom stereocenters. The van der Waals surface area contributed by atoms with E-state index in [-0.39, 0.29) is 18.0 Å². The molecule has 1 aliphatic rings. The second kappa shape index (κ2) is 4.58. The molecule has 1 aromatic carbocycles. The first-order chi connectivity index (χ1) is 7.34. The van der Waals surface area contributed by atoms with Crippen LogP contribution in [-0.4, -0.2) is 13.0 Å². The summed E-state index contributed by atoms with van der Waals surface area (Å²) in [4.78, 5) is 0. The molecule has 0 saturated carbocycles. The van der Waals surface area contributed by atoms with Gasteiger partial charge in [0.2, 0.25) is 0 Å². The average Bonchev–Trinajstić information content (AvgIpc) is 2.23. The number of halogens is 2. The van der Waals surface area contributed by atoms with Crippen LogP contribution >= 0.6 is 12.4 Å². The van der Waals surface area contributed by atoms with Crippen LogP contribution in [0.4, 0.5) is 4.39 Å². The monoisotopic (exact) mass is 205 g/mol. The molecule has 0 bridgehead atoms. The van der Waals surface area contributed by atoms with Gasteiger partial charge in [-0.15, -0.1) is 12.4 Å². The third-order valence-electron chi connectivity index (χ3n) is 1.87. The van der Waals surface area contributed by atoms with Crippen molar-refractivity contribution in [3.8, 4) is 0 Å². The van der Waals surface area contributed by atoms with E-state index in [9.17, 15) is 4.39 Å². The summed E-state index contributed by atoms with van der Waals surface area (Å²) in [6.45, 7) is -1.85. The summed E-state index contributed by atoms with van der Waals surface area (Å²) in [5.74, 6) is -0.419. The molecule has 0 spiro atoms. The van der Waals surface area contributed by atoms with Gasteiger partial charge in [0.25, 0.3) is 0 Å². The molecule has 1 nitrogen and oxygen atoms in total. The second-order valence-electron chi connectivity index (χ2n) is 2.73. The minimum atomic E-state index is -2.16. The molecule has 0 amide bonds. The van der Waals surface area contributed by atoms with Gasteiger partial charge < -0.3 is 5.32 Å². The summed E-state index contributed by atoms with van der Waals surface area (Å²) in [7, 11) is 0. The number of fused-ring (bicyclic) bond motifs is 1. The Kier molecular flexibility index (Phi) is 2.11. The summed E-state index contributed by atoms with van der Waals surface area (Å²) in [6, 6.07) is 3.77. The Morgan fingerprint density at radius 3 is 3.08 bits per heavy atom. The zero-order valence-corrected chi connectivity index (χ0v) is 7.75. The third-order valence-corrected chi connectivity index (χ3v) is 1.87. The lowest BCUT2D eigenvalue weighted by molar-refractivity contribution is 0.624. The average molecular weight is 206 g/mol. The Balaban J connectivity index is 0.00000144. The standard InChI is InChI=1S/C10H12FN.ClH/c11-10-2-1-8-3-5-12-6-4-9(8)7-10;/h1-2,7,12H,3-6H2;1H/i3D2,5D2;. The maximum absolute atomic E-state index is 13.0. The van der Waals surface area contributed by atoms with Gasteiger partial charge in [-0.3, -0.25) is 0 Å². The first-order valence-corrected chi connectivity index (χ1v) is 3.88. The molecule has 1 N–H and O–H groups in total. The van der Waals surface area contributed by atoms with E-state index in [1.54, 1.807) is 0 Å². The molecule has 3 heteroatoms. The SMILES string of the molecule is Cl.[2H]C1([2H])NCCc2cc(F)ccc2C1([2H])[2H]. The van der Waals surface area contributed by atoms with Crippen molar-refractivity contribution in [3.63, 3.8) is 0 Å². The quantitative estimate of drug-likeness (QED) is 0.683. The minimum absolute atomic E-state index is 0. The van der Waals surface area contributed by atoms with Crippen molar-refractivity contribution < 1.29 is 9.87 Å². The van der Waals surface area contributed by atoms with Crippen molar-refractivity contribution in [1.82, 2.24) is 5.32 Å². The van der Waals surface area contributed by atoms with Crippen LogP contribution in [0.1, 0.15) is 16.6 Å². The Morgan fingerprint density at radius 2 is 2.23 bits per heavy atom. The Hall–Kier alpha value is -0.600. The fourth-order valence-electron chi connectivity index (χ4n) is 1.26. The number of hydrogen-bond donors (Lipinski definition) is 1. The van der Waals surface area contributed by atoms with Crippen molar-refractivity contribution in [3.05, 3.63) is 35.1 Å². The lowest BCUT2D eigenvalue weighted by atomic mass is 10.0. The zero-order valence-electron chi connectivity index (χ0n) is 10.9. The molecule has 1 heterocycles. The highest BCUT2D eigenvalue weighted by Gasteiger charge is 2.07. The van der Waals surface area contributed by atoms with Gasteiger partial charge in [-0.1, -0.05) is 6.07 Å². The molecule has 0 atom stereocenters. The van der Waals surface area contributed by atoms with E-state index in [1.807, 2.05) is 0 Å². The van der Waals surface area contributed by atoms with Crippen LogP contribution in [0.15, 0.2) is 18.2 Å². The van der Waals surface area contributed by atoms with Crippen molar-refractivity contribution in [2.75, 3.05) is 13.0 Å². The summed E-state index contributed by atoms with van der Waals surface area (Å²) >= 11 is 0. The predicted molar refractivity (Wildman–Crippen MR) is 53.9 cm³/mol. The fourth-order valence-corrected chi connectivity index (χ4v) is 1.26. The number of hydrogen-bond acceptors (Lipinski definition) is 1. The Labute approximate surface area is 89.4 Å². The highest BCUT2D eigenvalue weighted by Crippen LogP contribution is 2.14. The number of aryl methyl sites for hydroxylation is 1. The molecule has 13 heavy (non-hydrogen) atoms. The summed E-state index contributed by atoms with van der Waals surface area (Å²) in [6.07, 6.45) is -1.74. The van der Waals surface area contributed by atoms with Crippen molar-refractivity contribution >= 4 is 12.4 Å². The van der Waals surface area contributed by atoms with E-state index in [4.69, 9.17) is 5.48 Å². The summed E-state index contributed by atoms with van der Waals surface area (Å²) in [5.41, 5.74) is 0.753. The van der Waals surface area contributed by atoms with Crippen molar-refractivity contribution in [1.29, 1.82) is 0 Å². The topological polar surface area (TPSA) is 12.0 Å². The predicted octanol–water partition coefficient (Wildman–Crippen LogP) is 1.94. The van der Waals surface area contributed by atoms with Gasteiger partial charge in [-0.2, -0.15) is 0 Å². The van der Waals surface area contributed by atoms with Crippen LogP contribution in [-0.2, 0) is 12.8 Å². The molecule has 0 aromatic heterocycles. The van der Waals surface area contributed by atoms with E-state index >= 15 is 0 Å². The highest BCUT2D eigenvalue weighted by atomic mass is 35.5. The van der Waals surface area contributed by atoms with E-state index < -0.39 is 18.7 Å². The van der Waals surface area contributed by atoms with Crippen LogP contribution < -0.4 is 5.32 Å². The molecule has 1 aromatic rings. The Bertz CT molecular complexity index is 425. The van der Waals surface area contributed by atoms with Crippen molar-refractivity contribution in [2.45, 2.75) is 12.8 Å². The summed E-state index contributed by atoms with van der Waals surface area (Å²) < 4.78 is 44.0. The molecule has 0 aliphatic carbocycles. The maximum Gasteiger partial charge on any atom is 0.123 e. The molecule has 0 saturated heterocycles. The lowest BCUT2D eigenvalue weighted by Crippen LogP contribution is -2.16. The minimum Gasteiger partial charge on any atom is -0.316 e. The lowest BCUT2D eigenvalue weighted by Gasteiger charge is -2.03. The molecule has 0 radical (unpaired) electrons. The third kappa shape index (κ3) is 2.42. The molecular formula is C10H13ClFN. The Morgan fingerprint density at radius 1 is 1.38 bits per heavy atom. The molecule has 0 fully saturated rings. The molecular weight excluding hydrogens is 189 g/mol. The van der Waals surface area contributed by atoms with Crippen LogP contribution in [0, 0.1) is 5.82 Å². The van der Waals surface area contributed by atoms with Crippen LogP contribution in [0.3, 0.4) is 0 Å². The van der Waals surface area contributed by atoms with Gasteiger partial charge in [0.1, 0.15) is 5.82 Å². The van der Waals surface area contributed by atoms with Gasteiger partial charge in [-0.25, -0.2) is 4.39 Å². The van der Waals surface area contributed by atoms with Gasteiger partial charge >= 0.3 is 0 Å². The van der Waals surface area contributed by atoms with Crippen LogP contribution in [0.5, 0.6) is 0 Å². The number of rotatable bonds is 0. The van der Waals surface area contributed by atoms with E-state index in [1.165, 1.54) is 12.1 Å². The van der Waals surface area contributed by atoms with Gasteiger partial charge in [0, 0.05) is 5.48 Å². The van der Waals surface area contributed by atoms with Gasteiger partial charge in [0.05, 0.1) is 0 Å². The highest BCUT2D eigenvalue weighted by molar-refractivity contribution is 5.85. The largest absolute Gasteiger partial charge is 0.316 e. The van der Waals surface area contributed by atoms with E-state index in [0.29, 0.717) is 18.5 Å². The van der Waals surface area contributed by atoms with Gasteiger partial charge in [-0.05, 0) is 49.1 Å². The number of benzene rings is 1. The zero-order chi connectivity index (χ0) is 12.0. The first-order valence-electron chi connectivity index (χ1n) is 5.88. The van der Waals surface area contributed by atoms with Crippen LogP contribution in [0.2, 0.25) is 0 Å². The van der Waals surface area contributed by atoms with E-state index in [2.05, 4.69) is 5.32 Å². The normalized spacial score (nSPS) is 27.8. The molecule has 2 rings (SSSR count). The first kappa shape index (κ1) is 5.99. The molecule has 1 aliphatic heterocycles. The van der Waals surface area contributed by atoms with Crippen LogP contribution in [0.25, 0.3) is 0 Å². The molecule has 72 valence electrons. The van der Waals surface area contributed by atoms with Gasteiger partial charge in [0.15, 0.2) is 0 Å². The maximum atomic E-state index is 13.0.